The topological polar surface area (TPSA) is 122 Å². The zero-order valence-corrected chi connectivity index (χ0v) is 18.6. The van der Waals surface area contributed by atoms with Crippen LogP contribution in [-0.2, 0) is 9.53 Å². The van der Waals surface area contributed by atoms with Gasteiger partial charge in [-0.25, -0.2) is 4.99 Å². The van der Waals surface area contributed by atoms with E-state index in [0.717, 1.165) is 44.9 Å². The summed E-state index contributed by atoms with van der Waals surface area (Å²) in [6, 6.07) is 4.48. The minimum absolute atomic E-state index is 0.0208. The van der Waals surface area contributed by atoms with E-state index in [-0.39, 0.29) is 24.5 Å². The smallest absolute Gasteiger partial charge is 0.240 e. The summed E-state index contributed by atoms with van der Waals surface area (Å²) in [5.74, 6) is 0.798. The molecule has 0 aromatic rings. The third-order valence-corrected chi connectivity index (χ3v) is 6.29. The van der Waals surface area contributed by atoms with Gasteiger partial charge in [0.15, 0.2) is 5.72 Å². The van der Waals surface area contributed by atoms with Gasteiger partial charge in [0.2, 0.25) is 11.8 Å². The summed E-state index contributed by atoms with van der Waals surface area (Å²) in [5, 5.41) is 32.3. The van der Waals surface area contributed by atoms with Crippen molar-refractivity contribution >= 4 is 11.7 Å². The first-order chi connectivity index (χ1) is 14.8. The van der Waals surface area contributed by atoms with Gasteiger partial charge in [-0.15, -0.1) is 0 Å². The lowest BCUT2D eigenvalue weighted by Crippen LogP contribution is -2.55. The van der Waals surface area contributed by atoms with Gasteiger partial charge >= 0.3 is 0 Å². The molecule has 2 aliphatic carbocycles. The molecule has 168 valence electrons. The lowest BCUT2D eigenvalue weighted by atomic mass is 9.88. The van der Waals surface area contributed by atoms with E-state index >= 15 is 0 Å². The van der Waals surface area contributed by atoms with Crippen molar-refractivity contribution in [3.8, 4) is 12.1 Å². The quantitative estimate of drug-likeness (QED) is 0.545. The maximum atomic E-state index is 12.6. The first-order valence-corrected chi connectivity index (χ1v) is 11.4. The van der Waals surface area contributed by atoms with Crippen molar-refractivity contribution < 1.29 is 14.6 Å². The highest BCUT2D eigenvalue weighted by Gasteiger charge is 2.45. The van der Waals surface area contributed by atoms with E-state index in [1.807, 2.05) is 0 Å². The third kappa shape index (κ3) is 5.98. The number of amidine groups is 1. The van der Waals surface area contributed by atoms with Crippen LogP contribution in [0, 0.1) is 28.6 Å². The van der Waals surface area contributed by atoms with Gasteiger partial charge in [0.05, 0.1) is 12.1 Å². The zero-order chi connectivity index (χ0) is 22.5. The number of hydrogen-bond acceptors (Lipinski definition) is 7. The van der Waals surface area contributed by atoms with E-state index < -0.39 is 11.3 Å². The van der Waals surface area contributed by atoms with Gasteiger partial charge in [0.1, 0.15) is 24.0 Å². The number of carbonyl (C=O) groups excluding carboxylic acids is 1. The molecule has 8 nitrogen and oxygen atoms in total. The second-order valence-corrected chi connectivity index (χ2v) is 9.11. The third-order valence-electron chi connectivity index (χ3n) is 6.29. The normalized spacial score (nSPS) is 29.1. The Kier molecular flexibility index (Phi) is 7.23. The number of ether oxygens (including phenoxy) is 1. The Bertz CT molecular complexity index is 808. The monoisotopic (exact) mass is 427 g/mol. The molecule has 0 aromatic heterocycles. The van der Waals surface area contributed by atoms with E-state index in [9.17, 15) is 15.2 Å². The molecule has 1 heterocycles. The molecule has 0 radical (unpaired) electrons. The van der Waals surface area contributed by atoms with Gasteiger partial charge in [-0.3, -0.25) is 4.79 Å². The molecule has 1 unspecified atom stereocenters. The molecule has 2 fully saturated rings. The molecule has 1 atom stereocenters. The molecule has 3 aliphatic rings. The summed E-state index contributed by atoms with van der Waals surface area (Å²) in [7, 11) is 0. The van der Waals surface area contributed by atoms with Gasteiger partial charge in [0, 0.05) is 18.4 Å². The van der Waals surface area contributed by atoms with Crippen molar-refractivity contribution in [1.82, 2.24) is 10.2 Å². The Hall–Kier alpha value is -2.58. The number of unbranched alkanes of at least 4 members (excludes halogenated alkanes) is 2. The predicted octanol–water partition coefficient (Wildman–Crippen LogP) is 3.10. The summed E-state index contributed by atoms with van der Waals surface area (Å²) in [6.45, 7) is 3.67. The molecule has 8 heteroatoms. The van der Waals surface area contributed by atoms with Crippen LogP contribution in [0.1, 0.15) is 78.1 Å². The number of nitrogens with zero attached hydrogens (tertiary/aromatic N) is 4. The van der Waals surface area contributed by atoms with Crippen molar-refractivity contribution in [1.29, 1.82) is 10.5 Å². The Labute approximate surface area is 184 Å². The predicted molar refractivity (Wildman–Crippen MR) is 115 cm³/mol. The first kappa shape index (κ1) is 23.1. The molecule has 0 bridgehead atoms. The van der Waals surface area contributed by atoms with E-state index in [1.165, 1.54) is 0 Å². The fourth-order valence-electron chi connectivity index (χ4n) is 4.15. The molecule has 0 aromatic carbocycles. The van der Waals surface area contributed by atoms with Crippen LogP contribution in [0.5, 0.6) is 0 Å². The Morgan fingerprint density at radius 3 is 2.61 bits per heavy atom. The van der Waals surface area contributed by atoms with Crippen LogP contribution in [-0.4, -0.2) is 45.7 Å². The first-order valence-electron chi connectivity index (χ1n) is 11.4. The maximum absolute atomic E-state index is 12.6. The Morgan fingerprint density at radius 1 is 1.32 bits per heavy atom. The number of carbonyl (C=O) groups is 1. The lowest BCUT2D eigenvalue weighted by molar-refractivity contribution is -0.125. The minimum atomic E-state index is -1.43. The molecule has 1 aliphatic heterocycles. The molecular weight excluding hydrogens is 394 g/mol. The summed E-state index contributed by atoms with van der Waals surface area (Å²) in [5.41, 5.74) is -2.17. The molecule has 2 N–H and O–H groups in total. The van der Waals surface area contributed by atoms with Crippen molar-refractivity contribution in [2.24, 2.45) is 10.9 Å². The standard InChI is InChI=1S/C23H33N5O3/c1-3-4-5-6-19-26-21(31-18-9-7-17(14-24)8-10-18)13-22(2,30)28(19)15-20(29)27-23(16-25)11-12-23/h13,17-18,30H,3-12,15H2,1-2H3,(H,27,29). The highest BCUT2D eigenvalue weighted by molar-refractivity contribution is 5.90. The van der Waals surface area contributed by atoms with E-state index in [0.29, 0.717) is 31.0 Å². The average Bonchev–Trinajstić information content (AvgIpc) is 3.50. The Morgan fingerprint density at radius 2 is 2.03 bits per heavy atom. The molecular formula is C23H33N5O3. The van der Waals surface area contributed by atoms with Gasteiger partial charge in [-0.2, -0.15) is 10.5 Å². The van der Waals surface area contributed by atoms with Crippen molar-refractivity contribution in [3.05, 3.63) is 12.0 Å². The fraction of sp³-hybridized carbons (Fsp3) is 0.739. The minimum Gasteiger partial charge on any atom is -0.474 e. The van der Waals surface area contributed by atoms with Gasteiger partial charge in [-0.1, -0.05) is 19.8 Å². The van der Waals surface area contributed by atoms with E-state index in [1.54, 1.807) is 17.9 Å². The summed E-state index contributed by atoms with van der Waals surface area (Å²) in [6.07, 6.45) is 9.66. The van der Waals surface area contributed by atoms with Gasteiger partial charge < -0.3 is 20.1 Å². The largest absolute Gasteiger partial charge is 0.474 e. The highest BCUT2D eigenvalue weighted by atomic mass is 16.5. The average molecular weight is 428 g/mol. The summed E-state index contributed by atoms with van der Waals surface area (Å²) >= 11 is 0. The van der Waals surface area contributed by atoms with Crippen LogP contribution < -0.4 is 5.32 Å². The highest BCUT2D eigenvalue weighted by Crippen LogP contribution is 2.35. The van der Waals surface area contributed by atoms with Gasteiger partial charge in [-0.05, 0) is 51.9 Å². The number of amides is 1. The fourth-order valence-corrected chi connectivity index (χ4v) is 4.15. The van der Waals surface area contributed by atoms with Crippen LogP contribution in [0.4, 0.5) is 0 Å². The number of hydrogen-bond donors (Lipinski definition) is 2. The molecule has 2 saturated carbocycles. The van der Waals surface area contributed by atoms with E-state index in [2.05, 4.69) is 29.4 Å². The maximum Gasteiger partial charge on any atom is 0.240 e. The second kappa shape index (κ2) is 9.70. The van der Waals surface area contributed by atoms with Crippen molar-refractivity contribution in [2.75, 3.05) is 6.54 Å². The van der Waals surface area contributed by atoms with Gasteiger partial charge in [0.25, 0.3) is 0 Å². The number of nitriles is 2. The summed E-state index contributed by atoms with van der Waals surface area (Å²) in [4.78, 5) is 18.9. The molecule has 31 heavy (non-hydrogen) atoms. The molecule has 0 spiro atoms. The Balaban J connectivity index is 1.70. The van der Waals surface area contributed by atoms with Crippen LogP contribution in [0.3, 0.4) is 0 Å². The van der Waals surface area contributed by atoms with Crippen LogP contribution in [0.25, 0.3) is 0 Å². The number of nitrogens with one attached hydrogen (secondary N) is 1. The zero-order valence-electron chi connectivity index (χ0n) is 18.6. The van der Waals surface area contributed by atoms with Crippen LogP contribution in [0.15, 0.2) is 17.0 Å². The second-order valence-electron chi connectivity index (χ2n) is 9.11. The van der Waals surface area contributed by atoms with Crippen molar-refractivity contribution in [2.45, 2.75) is 95.4 Å². The van der Waals surface area contributed by atoms with E-state index in [4.69, 9.17) is 10.00 Å². The summed E-state index contributed by atoms with van der Waals surface area (Å²) < 4.78 is 6.09. The number of aliphatic hydroxyl groups is 1. The number of aliphatic imine (C=N–C) groups is 1. The number of rotatable bonds is 9. The molecule has 1 amide bonds. The molecule has 0 saturated heterocycles. The van der Waals surface area contributed by atoms with Crippen LogP contribution >= 0.6 is 0 Å². The molecule has 3 rings (SSSR count). The SMILES string of the molecule is CCCCCC1=NC(OC2CCC(C#N)CC2)=CC(C)(O)N1CC(=O)NC1(C#N)CC1. The van der Waals surface area contributed by atoms with Crippen LogP contribution in [0.2, 0.25) is 0 Å². The van der Waals surface area contributed by atoms with Crippen molar-refractivity contribution in [3.63, 3.8) is 0 Å². The lowest BCUT2D eigenvalue weighted by Gasteiger charge is -2.40.